The van der Waals surface area contributed by atoms with Crippen LogP contribution in [0.4, 0.5) is 0 Å². The van der Waals surface area contributed by atoms with Crippen molar-refractivity contribution in [2.45, 2.75) is 57.2 Å². The molecule has 2 saturated heterocycles. The molecule has 4 unspecified atom stereocenters. The van der Waals surface area contributed by atoms with E-state index in [2.05, 4.69) is 17.1 Å². The molecule has 98 valence electrons. The lowest BCUT2D eigenvalue weighted by atomic mass is 9.85. The predicted octanol–water partition coefficient (Wildman–Crippen LogP) is 1.63. The molecular weight excluding hydrogens is 212 g/mol. The van der Waals surface area contributed by atoms with Crippen LogP contribution in [0.5, 0.6) is 0 Å². The monoisotopic (exact) mass is 238 g/mol. The van der Waals surface area contributed by atoms with Crippen LogP contribution in [0.15, 0.2) is 0 Å². The molecule has 1 aliphatic carbocycles. The highest BCUT2D eigenvalue weighted by molar-refractivity contribution is 4.93. The van der Waals surface area contributed by atoms with Gasteiger partial charge in [-0.05, 0) is 38.3 Å². The summed E-state index contributed by atoms with van der Waals surface area (Å²) in [6.45, 7) is 6.92. The molecule has 3 fully saturated rings. The van der Waals surface area contributed by atoms with Gasteiger partial charge in [-0.2, -0.15) is 0 Å². The Morgan fingerprint density at radius 2 is 2.00 bits per heavy atom. The van der Waals surface area contributed by atoms with Gasteiger partial charge in [-0.3, -0.25) is 4.90 Å². The van der Waals surface area contributed by atoms with E-state index < -0.39 is 0 Å². The molecule has 17 heavy (non-hydrogen) atoms. The lowest BCUT2D eigenvalue weighted by molar-refractivity contribution is -0.112. The number of morpholine rings is 1. The summed E-state index contributed by atoms with van der Waals surface area (Å²) >= 11 is 0. The maximum absolute atomic E-state index is 5.98. The van der Waals surface area contributed by atoms with Crippen molar-refractivity contribution in [3.63, 3.8) is 0 Å². The van der Waals surface area contributed by atoms with E-state index in [1.807, 2.05) is 0 Å². The topological polar surface area (TPSA) is 24.5 Å². The molecule has 0 amide bonds. The molecule has 3 rings (SSSR count). The van der Waals surface area contributed by atoms with Crippen molar-refractivity contribution in [1.29, 1.82) is 0 Å². The molecule has 3 aliphatic rings. The average Bonchev–Trinajstić information content (AvgIpc) is 2.39. The van der Waals surface area contributed by atoms with Gasteiger partial charge in [0.05, 0.1) is 12.7 Å². The molecule has 3 heteroatoms. The molecule has 0 radical (unpaired) electrons. The van der Waals surface area contributed by atoms with Crippen LogP contribution in [0.1, 0.15) is 39.0 Å². The summed E-state index contributed by atoms with van der Waals surface area (Å²) in [5.74, 6) is 0.796. The SMILES string of the molecule is CC1CNCCC1N1CCOC2CCCCC21. The Morgan fingerprint density at radius 3 is 2.88 bits per heavy atom. The van der Waals surface area contributed by atoms with E-state index in [0.717, 1.165) is 31.2 Å². The Bertz CT molecular complexity index is 251. The summed E-state index contributed by atoms with van der Waals surface area (Å²) in [4.78, 5) is 2.80. The largest absolute Gasteiger partial charge is 0.375 e. The second-order valence-corrected chi connectivity index (χ2v) is 6.04. The summed E-state index contributed by atoms with van der Waals surface area (Å²) in [7, 11) is 0. The molecule has 1 saturated carbocycles. The molecular formula is C14H26N2O. The summed E-state index contributed by atoms with van der Waals surface area (Å²) in [5, 5.41) is 3.52. The van der Waals surface area contributed by atoms with Gasteiger partial charge in [0.25, 0.3) is 0 Å². The summed E-state index contributed by atoms with van der Waals surface area (Å²) in [5.41, 5.74) is 0. The van der Waals surface area contributed by atoms with Crippen LogP contribution in [-0.4, -0.2) is 49.3 Å². The first kappa shape index (κ1) is 11.9. The number of nitrogens with one attached hydrogen (secondary N) is 1. The van der Waals surface area contributed by atoms with Crippen molar-refractivity contribution >= 4 is 0 Å². The molecule has 1 N–H and O–H groups in total. The van der Waals surface area contributed by atoms with E-state index in [1.165, 1.54) is 45.2 Å². The Balaban J connectivity index is 1.71. The van der Waals surface area contributed by atoms with E-state index in [9.17, 15) is 0 Å². The minimum atomic E-state index is 0.541. The van der Waals surface area contributed by atoms with Crippen LogP contribution in [0, 0.1) is 5.92 Å². The summed E-state index contributed by atoms with van der Waals surface area (Å²) in [6, 6.07) is 1.52. The molecule has 2 heterocycles. The van der Waals surface area contributed by atoms with Crippen LogP contribution >= 0.6 is 0 Å². The number of hydrogen-bond donors (Lipinski definition) is 1. The lowest BCUT2D eigenvalue weighted by Crippen LogP contribution is -2.60. The standard InChI is InChI=1S/C14H26N2O/c1-11-10-15-7-6-12(11)16-8-9-17-14-5-3-2-4-13(14)16/h11-15H,2-10H2,1H3. The van der Waals surface area contributed by atoms with Crippen molar-refractivity contribution in [3.05, 3.63) is 0 Å². The minimum Gasteiger partial charge on any atom is -0.375 e. The van der Waals surface area contributed by atoms with Crippen LogP contribution in [0.3, 0.4) is 0 Å². The predicted molar refractivity (Wildman–Crippen MR) is 69.1 cm³/mol. The number of nitrogens with zero attached hydrogens (tertiary/aromatic N) is 1. The number of hydrogen-bond acceptors (Lipinski definition) is 3. The van der Waals surface area contributed by atoms with Crippen LogP contribution in [-0.2, 0) is 4.74 Å². The maximum Gasteiger partial charge on any atom is 0.0731 e. The zero-order chi connectivity index (χ0) is 11.7. The summed E-state index contributed by atoms with van der Waals surface area (Å²) in [6.07, 6.45) is 7.29. The van der Waals surface area contributed by atoms with E-state index in [4.69, 9.17) is 4.74 Å². The van der Waals surface area contributed by atoms with Gasteiger partial charge in [0.2, 0.25) is 0 Å². The van der Waals surface area contributed by atoms with Crippen molar-refractivity contribution in [1.82, 2.24) is 10.2 Å². The fourth-order valence-corrected chi connectivity index (χ4v) is 4.03. The number of fused-ring (bicyclic) bond motifs is 1. The van der Waals surface area contributed by atoms with Crippen LogP contribution < -0.4 is 5.32 Å². The lowest BCUT2D eigenvalue weighted by Gasteiger charge is -2.50. The molecule has 0 bridgehead atoms. The quantitative estimate of drug-likeness (QED) is 0.751. The van der Waals surface area contributed by atoms with Crippen molar-refractivity contribution < 1.29 is 4.74 Å². The van der Waals surface area contributed by atoms with Gasteiger partial charge in [-0.1, -0.05) is 19.8 Å². The smallest absolute Gasteiger partial charge is 0.0731 e. The third-order valence-electron chi connectivity index (χ3n) is 4.94. The van der Waals surface area contributed by atoms with Gasteiger partial charge >= 0.3 is 0 Å². The minimum absolute atomic E-state index is 0.541. The van der Waals surface area contributed by atoms with Gasteiger partial charge in [-0.25, -0.2) is 0 Å². The zero-order valence-corrected chi connectivity index (χ0v) is 11.0. The molecule has 0 spiro atoms. The first-order chi connectivity index (χ1) is 8.36. The Labute approximate surface area is 105 Å². The Kier molecular flexibility index (Phi) is 3.69. The molecule has 3 nitrogen and oxygen atoms in total. The highest BCUT2D eigenvalue weighted by Crippen LogP contribution is 2.32. The third-order valence-corrected chi connectivity index (χ3v) is 4.94. The first-order valence-electron chi connectivity index (χ1n) is 7.44. The zero-order valence-electron chi connectivity index (χ0n) is 11.0. The fourth-order valence-electron chi connectivity index (χ4n) is 4.03. The van der Waals surface area contributed by atoms with Gasteiger partial charge < -0.3 is 10.1 Å². The van der Waals surface area contributed by atoms with Crippen LogP contribution in [0.2, 0.25) is 0 Å². The van der Waals surface area contributed by atoms with Gasteiger partial charge in [0.1, 0.15) is 0 Å². The Morgan fingerprint density at radius 1 is 1.12 bits per heavy atom. The molecule has 0 aromatic carbocycles. The van der Waals surface area contributed by atoms with Gasteiger partial charge in [-0.15, -0.1) is 0 Å². The first-order valence-corrected chi connectivity index (χ1v) is 7.44. The Hall–Kier alpha value is -0.120. The molecule has 2 aliphatic heterocycles. The fraction of sp³-hybridized carbons (Fsp3) is 1.00. The van der Waals surface area contributed by atoms with Crippen molar-refractivity contribution in [3.8, 4) is 0 Å². The number of rotatable bonds is 1. The summed E-state index contributed by atoms with van der Waals surface area (Å²) < 4.78 is 5.98. The van der Waals surface area contributed by atoms with Crippen molar-refractivity contribution in [2.24, 2.45) is 5.92 Å². The molecule has 0 aromatic heterocycles. The highest BCUT2D eigenvalue weighted by Gasteiger charge is 2.39. The normalized spacial score (nSPS) is 44.3. The van der Waals surface area contributed by atoms with Gasteiger partial charge in [0.15, 0.2) is 0 Å². The van der Waals surface area contributed by atoms with Gasteiger partial charge in [0, 0.05) is 18.6 Å². The second-order valence-electron chi connectivity index (χ2n) is 6.04. The average molecular weight is 238 g/mol. The van der Waals surface area contributed by atoms with E-state index in [-0.39, 0.29) is 0 Å². The second kappa shape index (κ2) is 5.25. The van der Waals surface area contributed by atoms with Crippen molar-refractivity contribution in [2.75, 3.05) is 26.2 Å². The molecule has 4 atom stereocenters. The maximum atomic E-state index is 5.98. The highest BCUT2D eigenvalue weighted by atomic mass is 16.5. The number of ether oxygens (including phenoxy) is 1. The van der Waals surface area contributed by atoms with Crippen LogP contribution in [0.25, 0.3) is 0 Å². The van der Waals surface area contributed by atoms with E-state index in [1.54, 1.807) is 0 Å². The number of piperidine rings is 1. The molecule has 0 aromatic rings. The third kappa shape index (κ3) is 2.38. The van der Waals surface area contributed by atoms with E-state index >= 15 is 0 Å². The van der Waals surface area contributed by atoms with E-state index in [0.29, 0.717) is 6.10 Å².